The van der Waals surface area contributed by atoms with Crippen LogP contribution in [0, 0.1) is 13.8 Å². The molecule has 0 aliphatic rings. The first-order valence-electron chi connectivity index (χ1n) is 30.1. The van der Waals surface area contributed by atoms with Crippen molar-refractivity contribution in [2.75, 3.05) is 62.3 Å². The fourth-order valence-electron chi connectivity index (χ4n) is 11.4. The fraction of sp³-hybridized carbons (Fsp3) is 0.111. The molecule has 0 saturated carbocycles. The van der Waals surface area contributed by atoms with Gasteiger partial charge in [-0.25, -0.2) is 0 Å². The van der Waals surface area contributed by atoms with E-state index in [2.05, 4.69) is 234 Å². The molecule has 0 bridgehead atoms. The molecule has 10 heteroatoms. The van der Waals surface area contributed by atoms with Gasteiger partial charge in [-0.3, -0.25) is 0 Å². The Morgan fingerprint density at radius 1 is 0.297 bits per heavy atom. The Morgan fingerprint density at radius 2 is 0.549 bits per heavy atom. The Kier molecular flexibility index (Phi) is 19.0. The average Bonchev–Trinajstić information content (AvgIpc) is 1.34. The minimum atomic E-state index is 0.743. The van der Waals surface area contributed by atoms with E-state index in [1.165, 1.54) is 0 Å². The van der Waals surface area contributed by atoms with Crippen molar-refractivity contribution in [1.29, 1.82) is 0 Å². The van der Waals surface area contributed by atoms with Crippen LogP contribution in [0.15, 0.2) is 291 Å². The van der Waals surface area contributed by atoms with E-state index in [1.54, 1.807) is 42.7 Å². The standard InChI is InChI=1S/C81H74N4O6/c1-11-74(86-5)41-12-58(4)82(65-23-13-59(14-24-65)60-15-25-66(26-16-60)83(68-31-42-75(87-6)43-32-68)69-33-44-76(88-7)45-34-69)80-52-21-63(54-56(80)2)64-22-53-81(57(3)55-64)85(73-39-50-79(91-10)51-40-73)72-29-19-62(20-30-72)61-17-27-67(28-18-61)84(70-35-46-77(89-8)47-36-70)71-37-48-78(90-9)49-38-71/h11-55H,4H2,1-3,5-10H3. The summed E-state index contributed by atoms with van der Waals surface area (Å²) < 4.78 is 33.2. The first-order valence-corrected chi connectivity index (χ1v) is 30.1. The lowest BCUT2D eigenvalue weighted by Crippen LogP contribution is -2.15. The van der Waals surface area contributed by atoms with Crippen molar-refractivity contribution in [2.24, 2.45) is 0 Å². The second-order valence-electron chi connectivity index (χ2n) is 21.7. The fourth-order valence-corrected chi connectivity index (χ4v) is 11.4. The van der Waals surface area contributed by atoms with Crippen molar-refractivity contribution < 1.29 is 28.4 Å². The average molecular weight is 1200 g/mol. The lowest BCUT2D eigenvalue weighted by Gasteiger charge is -2.28. The largest absolute Gasteiger partial charge is 0.497 e. The van der Waals surface area contributed by atoms with Crippen LogP contribution in [0.4, 0.5) is 62.6 Å². The zero-order chi connectivity index (χ0) is 63.4. The summed E-state index contributed by atoms with van der Waals surface area (Å²) in [5, 5.41) is 0. The summed E-state index contributed by atoms with van der Waals surface area (Å²) >= 11 is 0. The van der Waals surface area contributed by atoms with Crippen molar-refractivity contribution in [3.05, 3.63) is 302 Å². The van der Waals surface area contributed by atoms with Crippen molar-refractivity contribution >= 4 is 62.6 Å². The molecule has 0 spiro atoms. The van der Waals surface area contributed by atoms with E-state index in [9.17, 15) is 0 Å². The van der Waals surface area contributed by atoms with Gasteiger partial charge in [-0.2, -0.15) is 0 Å². The van der Waals surface area contributed by atoms with Crippen LogP contribution in [0.3, 0.4) is 0 Å². The molecule has 0 N–H and O–H groups in total. The summed E-state index contributed by atoms with van der Waals surface area (Å²) in [4.78, 5) is 8.96. The second-order valence-corrected chi connectivity index (χ2v) is 21.7. The third-order valence-electron chi connectivity index (χ3n) is 16.3. The molecule has 11 aromatic carbocycles. The number of hydrogen-bond donors (Lipinski definition) is 0. The van der Waals surface area contributed by atoms with Crippen molar-refractivity contribution in [3.8, 4) is 62.1 Å². The van der Waals surface area contributed by atoms with Crippen LogP contribution in [0.5, 0.6) is 28.7 Å². The number of methoxy groups -OCH3 is 6. The van der Waals surface area contributed by atoms with E-state index in [1.807, 2.05) is 85.8 Å². The molecule has 454 valence electrons. The number of aryl methyl sites for hydroxylation is 2. The molecule has 0 aromatic heterocycles. The van der Waals surface area contributed by atoms with Gasteiger partial charge in [0.1, 0.15) is 34.5 Å². The molecule has 0 aliphatic carbocycles. The molecule has 0 radical (unpaired) electrons. The van der Waals surface area contributed by atoms with Gasteiger partial charge in [-0.05, 0) is 278 Å². The van der Waals surface area contributed by atoms with Gasteiger partial charge in [0.15, 0.2) is 0 Å². The highest BCUT2D eigenvalue weighted by atomic mass is 16.5. The van der Waals surface area contributed by atoms with Gasteiger partial charge >= 0.3 is 0 Å². The molecule has 0 amide bonds. The SMILES string of the molecule is C=C(C=CC(=CC)OC)N(c1ccc(-c2ccc(N(c3ccc(OC)cc3)c3ccc(OC)cc3)cc2)cc1)c1ccc(-c2ccc(N(c3ccc(OC)cc3)c3ccc(-c4ccc(N(c5ccc(OC)cc5)c5ccc(OC)cc5)cc4)cc3)c(C)c2)cc1C. The Bertz CT molecular complexity index is 4210. The van der Waals surface area contributed by atoms with Gasteiger partial charge in [-0.15, -0.1) is 0 Å². The number of allylic oxidation sites excluding steroid dienone is 3. The maximum absolute atomic E-state index is 5.63. The van der Waals surface area contributed by atoms with E-state index in [0.717, 1.165) is 147 Å². The summed E-state index contributed by atoms with van der Waals surface area (Å²) in [5.74, 6) is 4.73. The highest BCUT2D eigenvalue weighted by molar-refractivity contribution is 5.85. The maximum Gasteiger partial charge on any atom is 0.119 e. The summed E-state index contributed by atoms with van der Waals surface area (Å²) in [5.41, 5.74) is 20.7. The topological polar surface area (TPSA) is 68.3 Å². The Balaban J connectivity index is 0.861. The lowest BCUT2D eigenvalue weighted by molar-refractivity contribution is 0.306. The molecule has 0 aliphatic heterocycles. The first-order chi connectivity index (χ1) is 44.5. The minimum Gasteiger partial charge on any atom is -0.497 e. The molecule has 11 aromatic rings. The Hall–Kier alpha value is -11.4. The molecule has 0 atom stereocenters. The summed E-state index contributed by atoms with van der Waals surface area (Å²) in [6.45, 7) is 10.9. The smallest absolute Gasteiger partial charge is 0.119 e. The first kappa shape index (κ1) is 61.3. The monoisotopic (exact) mass is 1200 g/mol. The third kappa shape index (κ3) is 13.7. The van der Waals surface area contributed by atoms with Gasteiger partial charge in [-0.1, -0.05) is 67.2 Å². The van der Waals surface area contributed by atoms with Gasteiger partial charge < -0.3 is 48.0 Å². The van der Waals surface area contributed by atoms with Crippen molar-refractivity contribution in [1.82, 2.24) is 0 Å². The predicted octanol–water partition coefficient (Wildman–Crippen LogP) is 21.5. The van der Waals surface area contributed by atoms with Crippen LogP contribution in [0.2, 0.25) is 0 Å². The predicted molar refractivity (Wildman–Crippen MR) is 377 cm³/mol. The quantitative estimate of drug-likeness (QED) is 0.0457. The number of hydrogen-bond acceptors (Lipinski definition) is 10. The molecule has 11 rings (SSSR count). The van der Waals surface area contributed by atoms with Crippen molar-refractivity contribution in [3.63, 3.8) is 0 Å². The van der Waals surface area contributed by atoms with Crippen LogP contribution in [-0.2, 0) is 4.74 Å². The molecule has 10 nitrogen and oxygen atoms in total. The molecular formula is C81H74N4O6. The van der Waals surface area contributed by atoms with Gasteiger partial charge in [0.2, 0.25) is 0 Å². The lowest BCUT2D eigenvalue weighted by atomic mass is 9.98. The minimum absolute atomic E-state index is 0.743. The molecule has 0 unspecified atom stereocenters. The second kappa shape index (κ2) is 28.2. The molecule has 0 fully saturated rings. The zero-order valence-corrected chi connectivity index (χ0v) is 52.9. The summed E-state index contributed by atoms with van der Waals surface area (Å²) in [7, 11) is 10.1. The normalized spacial score (nSPS) is 11.2. The van der Waals surface area contributed by atoms with Crippen molar-refractivity contribution in [2.45, 2.75) is 20.8 Å². The number of benzene rings is 11. The Morgan fingerprint density at radius 3 is 0.813 bits per heavy atom. The van der Waals surface area contributed by atoms with Gasteiger partial charge in [0, 0.05) is 68.3 Å². The van der Waals surface area contributed by atoms with E-state index < -0.39 is 0 Å². The molecular weight excluding hydrogens is 1120 g/mol. The molecule has 0 saturated heterocycles. The number of rotatable bonds is 23. The van der Waals surface area contributed by atoms with Crippen LogP contribution in [0.25, 0.3) is 33.4 Å². The van der Waals surface area contributed by atoms with E-state index in [-0.39, 0.29) is 0 Å². The Labute approximate surface area is 535 Å². The molecule has 0 heterocycles. The van der Waals surface area contributed by atoms with E-state index in [4.69, 9.17) is 28.4 Å². The maximum atomic E-state index is 5.63. The number of anilines is 11. The number of ether oxygens (including phenoxy) is 6. The molecule has 91 heavy (non-hydrogen) atoms. The van der Waals surface area contributed by atoms with E-state index >= 15 is 0 Å². The summed E-state index contributed by atoms with van der Waals surface area (Å²) in [6, 6.07) is 88.8. The van der Waals surface area contributed by atoms with Crippen LogP contribution in [-0.4, -0.2) is 42.7 Å². The van der Waals surface area contributed by atoms with Crippen LogP contribution < -0.4 is 43.3 Å². The third-order valence-corrected chi connectivity index (χ3v) is 16.3. The number of nitrogens with zero attached hydrogens (tertiary/aromatic N) is 4. The highest BCUT2D eigenvalue weighted by Crippen LogP contribution is 2.44. The highest BCUT2D eigenvalue weighted by Gasteiger charge is 2.21. The summed E-state index contributed by atoms with van der Waals surface area (Å²) in [6.07, 6.45) is 5.89. The van der Waals surface area contributed by atoms with Crippen LogP contribution >= 0.6 is 0 Å². The van der Waals surface area contributed by atoms with E-state index in [0.29, 0.717) is 0 Å². The van der Waals surface area contributed by atoms with Gasteiger partial charge in [0.05, 0.1) is 42.7 Å². The van der Waals surface area contributed by atoms with Crippen LogP contribution in [0.1, 0.15) is 18.1 Å². The van der Waals surface area contributed by atoms with Gasteiger partial charge in [0.25, 0.3) is 0 Å². The zero-order valence-electron chi connectivity index (χ0n) is 52.9.